The van der Waals surface area contributed by atoms with Crippen LogP contribution in [-0.4, -0.2) is 39.8 Å². The normalized spacial score (nSPS) is 13.5. The average Bonchev–Trinajstić information content (AvgIpc) is 2.11. The van der Waals surface area contributed by atoms with Gasteiger partial charge in [-0.3, -0.25) is 4.90 Å². The van der Waals surface area contributed by atoms with Gasteiger partial charge < -0.3 is 9.84 Å². The smallest absolute Gasteiger partial charge is 0.411 e. The lowest BCUT2D eigenvalue weighted by molar-refractivity contribution is -0.144. The second-order valence-corrected chi connectivity index (χ2v) is 6.46. The molecule has 5 heteroatoms. The Labute approximate surface area is 115 Å². The van der Waals surface area contributed by atoms with Crippen molar-refractivity contribution in [3.63, 3.8) is 0 Å². The Morgan fingerprint density at radius 1 is 1.16 bits per heavy atom. The fourth-order valence-electron chi connectivity index (χ4n) is 1.79. The summed E-state index contributed by atoms with van der Waals surface area (Å²) in [4.78, 5) is 24.9. The Hall–Kier alpha value is -1.26. The second-order valence-electron chi connectivity index (χ2n) is 6.46. The highest BCUT2D eigenvalue weighted by molar-refractivity contribution is 5.80. The van der Waals surface area contributed by atoms with Crippen LogP contribution < -0.4 is 0 Å². The first-order valence-electron chi connectivity index (χ1n) is 6.69. The molecular weight excluding hydrogens is 246 g/mol. The van der Waals surface area contributed by atoms with E-state index >= 15 is 0 Å². The molecule has 0 aromatic rings. The molecule has 0 aromatic heterocycles. The van der Waals surface area contributed by atoms with Gasteiger partial charge >= 0.3 is 12.1 Å². The predicted molar refractivity (Wildman–Crippen MR) is 74.1 cm³/mol. The minimum absolute atomic E-state index is 0.185. The minimum Gasteiger partial charge on any atom is -0.480 e. The lowest BCUT2D eigenvalue weighted by Crippen LogP contribution is -2.51. The van der Waals surface area contributed by atoms with Gasteiger partial charge in [-0.1, -0.05) is 13.8 Å². The molecule has 112 valence electrons. The number of carbonyl (C=O) groups excluding carboxylic acids is 1. The largest absolute Gasteiger partial charge is 0.480 e. The van der Waals surface area contributed by atoms with Crippen molar-refractivity contribution in [2.24, 2.45) is 5.92 Å². The van der Waals surface area contributed by atoms with Crippen molar-refractivity contribution in [1.29, 1.82) is 0 Å². The summed E-state index contributed by atoms with van der Waals surface area (Å²) in [5.41, 5.74) is -0.634. The van der Waals surface area contributed by atoms with Gasteiger partial charge in [0.2, 0.25) is 0 Å². The Morgan fingerprint density at radius 2 is 1.63 bits per heavy atom. The molecule has 1 atom stereocenters. The maximum absolute atomic E-state index is 12.2. The third-order valence-corrected chi connectivity index (χ3v) is 2.48. The first-order valence-corrected chi connectivity index (χ1v) is 6.69. The molecule has 1 unspecified atom stereocenters. The number of carbonyl (C=O) groups is 2. The molecule has 0 aromatic carbocycles. The molecule has 0 rings (SSSR count). The molecule has 0 aliphatic rings. The van der Waals surface area contributed by atoms with Crippen molar-refractivity contribution < 1.29 is 19.4 Å². The summed E-state index contributed by atoms with van der Waals surface area (Å²) in [7, 11) is 0. The fourth-order valence-corrected chi connectivity index (χ4v) is 1.79. The Balaban J connectivity index is 5.15. The van der Waals surface area contributed by atoms with Gasteiger partial charge in [0, 0.05) is 6.04 Å². The Bertz CT molecular complexity index is 318. The van der Waals surface area contributed by atoms with Gasteiger partial charge in [-0.05, 0) is 47.0 Å². The molecule has 1 N–H and O–H groups in total. The van der Waals surface area contributed by atoms with E-state index in [9.17, 15) is 14.7 Å². The van der Waals surface area contributed by atoms with Crippen molar-refractivity contribution in [3.05, 3.63) is 0 Å². The average molecular weight is 273 g/mol. The summed E-state index contributed by atoms with van der Waals surface area (Å²) < 4.78 is 5.30. The topological polar surface area (TPSA) is 66.8 Å². The first-order chi connectivity index (χ1) is 8.45. The van der Waals surface area contributed by atoms with Gasteiger partial charge in [0.15, 0.2) is 0 Å². The van der Waals surface area contributed by atoms with E-state index in [1.54, 1.807) is 34.6 Å². The van der Waals surface area contributed by atoms with E-state index in [0.717, 1.165) is 0 Å². The molecule has 0 aliphatic carbocycles. The van der Waals surface area contributed by atoms with Crippen LogP contribution in [-0.2, 0) is 9.53 Å². The fraction of sp³-hybridized carbons (Fsp3) is 0.857. The number of ether oxygens (including phenoxy) is 1. The molecule has 0 radical (unpaired) electrons. The quantitative estimate of drug-likeness (QED) is 0.835. The third-order valence-electron chi connectivity index (χ3n) is 2.48. The van der Waals surface area contributed by atoms with Gasteiger partial charge in [0.25, 0.3) is 0 Å². The molecule has 0 heterocycles. The maximum atomic E-state index is 12.2. The van der Waals surface area contributed by atoms with Crippen molar-refractivity contribution in [2.45, 2.75) is 72.6 Å². The van der Waals surface area contributed by atoms with Crippen LogP contribution in [0, 0.1) is 5.92 Å². The van der Waals surface area contributed by atoms with Crippen molar-refractivity contribution in [1.82, 2.24) is 4.90 Å². The summed E-state index contributed by atoms with van der Waals surface area (Å²) in [5.74, 6) is -0.807. The predicted octanol–water partition coefficient (Wildman–Crippen LogP) is 3.13. The summed E-state index contributed by atoms with van der Waals surface area (Å²) in [6, 6.07) is -1.08. The lowest BCUT2D eigenvalue weighted by Gasteiger charge is -2.34. The summed E-state index contributed by atoms with van der Waals surface area (Å²) in [5, 5.41) is 9.34. The van der Waals surface area contributed by atoms with Crippen LogP contribution in [0.4, 0.5) is 4.79 Å². The molecule has 0 saturated carbocycles. The minimum atomic E-state index is -0.992. The summed E-state index contributed by atoms with van der Waals surface area (Å²) in [6.07, 6.45) is -0.164. The number of rotatable bonds is 5. The van der Waals surface area contributed by atoms with E-state index in [2.05, 4.69) is 0 Å². The van der Waals surface area contributed by atoms with Crippen LogP contribution in [0.2, 0.25) is 0 Å². The van der Waals surface area contributed by atoms with Gasteiger partial charge in [0.05, 0.1) is 0 Å². The molecule has 0 saturated heterocycles. The van der Waals surface area contributed by atoms with Crippen LogP contribution in [0.5, 0.6) is 0 Å². The number of carboxylic acids is 1. The van der Waals surface area contributed by atoms with E-state index in [1.165, 1.54) is 4.90 Å². The summed E-state index contributed by atoms with van der Waals surface area (Å²) in [6.45, 7) is 12.7. The number of aliphatic carboxylic acids is 1. The van der Waals surface area contributed by atoms with E-state index in [1.807, 2.05) is 13.8 Å². The highest BCUT2D eigenvalue weighted by atomic mass is 16.6. The van der Waals surface area contributed by atoms with E-state index in [4.69, 9.17) is 4.74 Å². The molecule has 5 nitrogen and oxygen atoms in total. The van der Waals surface area contributed by atoms with E-state index in [-0.39, 0.29) is 12.0 Å². The Kier molecular flexibility index (Phi) is 6.33. The van der Waals surface area contributed by atoms with Crippen molar-refractivity contribution in [2.75, 3.05) is 0 Å². The highest BCUT2D eigenvalue weighted by Crippen LogP contribution is 2.19. The van der Waals surface area contributed by atoms with Gasteiger partial charge in [-0.2, -0.15) is 0 Å². The zero-order valence-electron chi connectivity index (χ0n) is 13.1. The molecular formula is C14H27NO4. The number of carboxylic acid groups (broad SMARTS) is 1. The number of amides is 1. The SMILES string of the molecule is CC(C)CC(C(=O)O)N(C(=O)OC(C)(C)C)C(C)C. The van der Waals surface area contributed by atoms with Crippen LogP contribution in [0.15, 0.2) is 0 Å². The first kappa shape index (κ1) is 17.7. The van der Waals surface area contributed by atoms with E-state index < -0.39 is 23.7 Å². The van der Waals surface area contributed by atoms with Crippen LogP contribution in [0.3, 0.4) is 0 Å². The van der Waals surface area contributed by atoms with Crippen molar-refractivity contribution in [3.8, 4) is 0 Å². The highest BCUT2D eigenvalue weighted by Gasteiger charge is 2.34. The molecule has 0 aliphatic heterocycles. The third kappa shape index (κ3) is 6.45. The monoisotopic (exact) mass is 273 g/mol. The van der Waals surface area contributed by atoms with Crippen LogP contribution in [0.25, 0.3) is 0 Å². The van der Waals surface area contributed by atoms with Crippen LogP contribution in [0.1, 0.15) is 54.9 Å². The Morgan fingerprint density at radius 3 is 1.89 bits per heavy atom. The van der Waals surface area contributed by atoms with Crippen LogP contribution >= 0.6 is 0 Å². The zero-order chi connectivity index (χ0) is 15.4. The molecule has 19 heavy (non-hydrogen) atoms. The zero-order valence-corrected chi connectivity index (χ0v) is 13.1. The molecule has 0 fully saturated rings. The molecule has 0 bridgehead atoms. The standard InChI is InChI=1S/C14H27NO4/c1-9(2)8-11(12(16)17)15(10(3)4)13(18)19-14(5,6)7/h9-11H,8H2,1-7H3,(H,16,17). The maximum Gasteiger partial charge on any atom is 0.411 e. The van der Waals surface area contributed by atoms with Crippen molar-refractivity contribution >= 4 is 12.1 Å². The number of hydrogen-bond donors (Lipinski definition) is 1. The van der Waals surface area contributed by atoms with Gasteiger partial charge in [-0.25, -0.2) is 9.59 Å². The summed E-state index contributed by atoms with van der Waals surface area (Å²) >= 11 is 0. The molecule has 0 spiro atoms. The van der Waals surface area contributed by atoms with Gasteiger partial charge in [0.1, 0.15) is 11.6 Å². The number of hydrogen-bond acceptors (Lipinski definition) is 3. The lowest BCUT2D eigenvalue weighted by atomic mass is 10.0. The number of nitrogens with zero attached hydrogens (tertiary/aromatic N) is 1. The van der Waals surface area contributed by atoms with E-state index in [0.29, 0.717) is 6.42 Å². The second kappa shape index (κ2) is 6.78. The van der Waals surface area contributed by atoms with Gasteiger partial charge in [-0.15, -0.1) is 0 Å². The molecule has 1 amide bonds.